The van der Waals surface area contributed by atoms with Crippen LogP contribution < -0.4 is 4.74 Å². The molecule has 0 fully saturated rings. The summed E-state index contributed by atoms with van der Waals surface area (Å²) in [6, 6.07) is 23.3. The summed E-state index contributed by atoms with van der Waals surface area (Å²) in [6.45, 7) is 4.65. The Morgan fingerprint density at radius 2 is 1.23 bits per heavy atom. The molecule has 0 unspecified atom stereocenters. The van der Waals surface area contributed by atoms with Crippen molar-refractivity contribution >= 4 is 114 Å². The maximum atomic E-state index is 12.5. The zero-order valence-electron chi connectivity index (χ0n) is 39.3. The van der Waals surface area contributed by atoms with Gasteiger partial charge in [0.15, 0.2) is 11.3 Å². The Morgan fingerprint density at radius 3 is 1.88 bits per heavy atom. The smallest absolute Gasteiger partial charge is 0.296 e. The Kier molecular flexibility index (Phi) is 16.6. The van der Waals surface area contributed by atoms with Crippen molar-refractivity contribution in [2.45, 2.75) is 48.3 Å². The van der Waals surface area contributed by atoms with E-state index in [1.54, 1.807) is 51.1 Å². The van der Waals surface area contributed by atoms with E-state index in [9.17, 15) is 62.3 Å². The highest BCUT2D eigenvalue weighted by Crippen LogP contribution is 2.43. The van der Waals surface area contributed by atoms with Crippen LogP contribution in [0.3, 0.4) is 0 Å². The van der Waals surface area contributed by atoms with E-state index in [2.05, 4.69) is 52.0 Å². The van der Waals surface area contributed by atoms with Crippen molar-refractivity contribution in [3.63, 3.8) is 0 Å². The highest BCUT2D eigenvalue weighted by atomic mass is 32.2. The molecule has 390 valence electrons. The first-order valence-corrected chi connectivity index (χ1v) is 28.7. The number of para-hydroxylation sites is 2. The summed E-state index contributed by atoms with van der Waals surface area (Å²) in [5, 5.41) is 55.4. The number of aromatic nitrogens is 2. The number of hydrogen-bond donors (Lipinski definition) is 5. The third-order valence-electron chi connectivity index (χ3n) is 10.6. The molecule has 5 N–H and O–H groups in total. The number of nitriles is 1. The lowest BCUT2D eigenvalue weighted by Crippen LogP contribution is -2.08. The second-order valence-electron chi connectivity index (χ2n) is 16.1. The monoisotopic (exact) mass is 1120 g/mol. The summed E-state index contributed by atoms with van der Waals surface area (Å²) >= 11 is 1.12. The van der Waals surface area contributed by atoms with Gasteiger partial charge in [-0.1, -0.05) is 12.1 Å². The molecular formula is C45H41N11O14S5. The van der Waals surface area contributed by atoms with Crippen LogP contribution in [0.4, 0.5) is 45.5 Å². The Balaban J connectivity index is 1.23. The quantitative estimate of drug-likeness (QED) is 0.0205. The minimum Gasteiger partial charge on any atom is -0.493 e. The SMILES string of the molecule is Cc1cc(N=Nc2c(C)c(C#N)c3nc4ccccc4n3c2O)c(OCCCS(=O)(=O)O)cc1N=Nc1cc(C)c(N=Nc2ccc(N=Nc3ccc(S(=O)(=O)O)cc3)cc2S(=O)(=O)O)cc1SCCCS(=O)(=O)O. The molecule has 0 radical (unpaired) electrons. The summed E-state index contributed by atoms with van der Waals surface area (Å²) in [7, 11) is -18.0. The fraction of sp³-hybridized carbons (Fsp3) is 0.200. The van der Waals surface area contributed by atoms with E-state index in [1.165, 1.54) is 46.9 Å². The molecule has 0 atom stereocenters. The van der Waals surface area contributed by atoms with Crippen molar-refractivity contribution < 1.29 is 61.7 Å². The molecular weight excluding hydrogens is 1080 g/mol. The number of aromatic hydroxyl groups is 1. The van der Waals surface area contributed by atoms with Gasteiger partial charge in [0.2, 0.25) is 5.88 Å². The predicted molar refractivity (Wildman–Crippen MR) is 274 cm³/mol. The van der Waals surface area contributed by atoms with Gasteiger partial charge < -0.3 is 9.84 Å². The number of aryl methyl sites for hydroxylation is 2. The number of ether oxygens (including phenoxy) is 1. The number of pyridine rings is 1. The van der Waals surface area contributed by atoms with Crippen LogP contribution in [0.25, 0.3) is 16.7 Å². The van der Waals surface area contributed by atoms with Crippen LogP contribution in [0.2, 0.25) is 0 Å². The second-order valence-corrected chi connectivity index (χ2v) is 23.2. The van der Waals surface area contributed by atoms with Gasteiger partial charge >= 0.3 is 0 Å². The van der Waals surface area contributed by atoms with Crippen LogP contribution in [0.1, 0.15) is 35.1 Å². The largest absolute Gasteiger partial charge is 0.493 e. The number of hydrogen-bond acceptors (Lipinski definition) is 21. The van der Waals surface area contributed by atoms with E-state index < -0.39 is 56.9 Å². The Bertz CT molecular complexity index is 4030. The van der Waals surface area contributed by atoms with Gasteiger partial charge in [0.25, 0.3) is 40.5 Å². The standard InChI is InChI=1S/C45H41N11O14S5/c1-26-20-37(53-55-43-28(3)32(25-46)44-47-33-8-4-5-9-39(33)56(44)45(43)57)40(70-16-6-18-72(58,59)60)23-35(26)51-54-38-21-27(2)36(24-41(38)71-17-7-19-73(61,62)63)52-50-34-15-12-30(22-42(34)75(67,68)69)49-48-29-10-13-31(14-11-29)74(64,65)66/h4-5,8-15,20-24,57H,6-7,16-19H2,1-3H3,(H,58,59,60)(H,61,62,63)(H,64,65,66)(H,67,68,69). The van der Waals surface area contributed by atoms with Crippen LogP contribution in [0.15, 0.2) is 147 Å². The molecule has 0 aliphatic rings. The Labute approximate surface area is 432 Å². The molecule has 0 saturated carbocycles. The van der Waals surface area contributed by atoms with E-state index in [4.69, 9.17) is 4.74 Å². The average molecular weight is 1120 g/mol. The number of thioether (sulfide) groups is 1. The molecule has 0 spiro atoms. The van der Waals surface area contributed by atoms with Gasteiger partial charge in [0, 0.05) is 16.5 Å². The van der Waals surface area contributed by atoms with Gasteiger partial charge in [-0.15, -0.1) is 32.2 Å². The topological polar surface area (TPSA) is 387 Å². The Hall–Kier alpha value is -7.47. The van der Waals surface area contributed by atoms with Gasteiger partial charge in [-0.2, -0.15) is 59.4 Å². The van der Waals surface area contributed by atoms with Crippen molar-refractivity contribution in [1.82, 2.24) is 9.38 Å². The summed E-state index contributed by atoms with van der Waals surface area (Å²) < 4.78 is 139. The van der Waals surface area contributed by atoms with E-state index in [0.717, 1.165) is 30.0 Å². The summed E-state index contributed by atoms with van der Waals surface area (Å²) in [5.74, 6) is -1.34. The van der Waals surface area contributed by atoms with Gasteiger partial charge in [-0.3, -0.25) is 22.6 Å². The van der Waals surface area contributed by atoms with Crippen molar-refractivity contribution in [2.24, 2.45) is 40.9 Å². The molecule has 0 aliphatic carbocycles. The molecule has 30 heteroatoms. The zero-order chi connectivity index (χ0) is 54.5. The molecule has 0 saturated heterocycles. The maximum absolute atomic E-state index is 12.5. The molecule has 2 aromatic heterocycles. The minimum atomic E-state index is -4.94. The van der Waals surface area contributed by atoms with E-state index in [0.29, 0.717) is 27.1 Å². The fourth-order valence-corrected chi connectivity index (χ4v) is 10.2. The molecule has 0 aliphatic heterocycles. The van der Waals surface area contributed by atoms with Crippen molar-refractivity contribution in [3.8, 4) is 17.7 Å². The van der Waals surface area contributed by atoms with Gasteiger partial charge in [0.1, 0.15) is 33.7 Å². The van der Waals surface area contributed by atoms with E-state index in [1.807, 2.05) is 0 Å². The number of nitrogens with zero attached hydrogens (tertiary/aromatic N) is 11. The minimum absolute atomic E-state index is 0.0113. The average Bonchev–Trinajstić information content (AvgIpc) is 3.72. The maximum Gasteiger partial charge on any atom is 0.296 e. The van der Waals surface area contributed by atoms with Gasteiger partial charge in [-0.25, -0.2) is 4.98 Å². The molecule has 0 amide bonds. The van der Waals surface area contributed by atoms with Crippen LogP contribution in [0.5, 0.6) is 11.6 Å². The molecule has 75 heavy (non-hydrogen) atoms. The predicted octanol–water partition coefficient (Wildman–Crippen LogP) is 11.2. The van der Waals surface area contributed by atoms with Crippen molar-refractivity contribution in [1.29, 1.82) is 5.26 Å². The van der Waals surface area contributed by atoms with Crippen molar-refractivity contribution in [3.05, 3.63) is 113 Å². The molecule has 2 heterocycles. The van der Waals surface area contributed by atoms with E-state index >= 15 is 0 Å². The van der Waals surface area contributed by atoms with E-state index in [-0.39, 0.29) is 104 Å². The normalized spacial score (nSPS) is 12.8. The van der Waals surface area contributed by atoms with Crippen LogP contribution >= 0.6 is 11.8 Å². The first-order valence-electron chi connectivity index (χ1n) is 21.6. The highest BCUT2D eigenvalue weighted by Gasteiger charge is 2.22. The van der Waals surface area contributed by atoms with Crippen LogP contribution in [0, 0.1) is 32.1 Å². The number of benzene rings is 5. The third kappa shape index (κ3) is 14.0. The Morgan fingerprint density at radius 1 is 0.640 bits per heavy atom. The summed E-state index contributed by atoms with van der Waals surface area (Å²) in [5.41, 5.74) is 3.02. The lowest BCUT2D eigenvalue weighted by Gasteiger charge is -2.12. The molecule has 7 rings (SSSR count). The van der Waals surface area contributed by atoms with Crippen molar-refractivity contribution in [2.75, 3.05) is 23.9 Å². The zero-order valence-corrected chi connectivity index (χ0v) is 43.4. The lowest BCUT2D eigenvalue weighted by molar-refractivity contribution is 0.317. The molecule has 7 aromatic rings. The number of azo groups is 4. The third-order valence-corrected chi connectivity index (χ3v) is 15.1. The number of fused-ring (bicyclic) bond motifs is 3. The summed E-state index contributed by atoms with van der Waals surface area (Å²) in [6.07, 6.45) is -0.121. The first-order chi connectivity index (χ1) is 35.3. The highest BCUT2D eigenvalue weighted by molar-refractivity contribution is 7.99. The second kappa shape index (κ2) is 22.6. The first kappa shape index (κ1) is 55.3. The number of imidazole rings is 1. The fourth-order valence-electron chi connectivity index (χ4n) is 6.97. The lowest BCUT2D eigenvalue weighted by atomic mass is 10.1. The number of rotatable bonds is 20. The van der Waals surface area contributed by atoms with Gasteiger partial charge in [-0.05, 0) is 123 Å². The summed E-state index contributed by atoms with van der Waals surface area (Å²) in [4.78, 5) is 3.82. The van der Waals surface area contributed by atoms with Crippen LogP contribution in [-0.4, -0.2) is 90.2 Å². The van der Waals surface area contributed by atoms with Gasteiger partial charge in [0.05, 0.1) is 62.5 Å². The molecule has 25 nitrogen and oxygen atoms in total. The molecule has 0 bridgehead atoms. The molecule has 5 aromatic carbocycles. The van der Waals surface area contributed by atoms with Crippen LogP contribution in [-0.2, 0) is 40.5 Å².